The molecule has 2 aromatic rings. The Morgan fingerprint density at radius 3 is 2.80 bits per heavy atom. The molecule has 1 aliphatic rings. The summed E-state index contributed by atoms with van der Waals surface area (Å²) in [5.41, 5.74) is 0.745. The van der Waals surface area contributed by atoms with E-state index in [1.807, 2.05) is 0 Å². The highest BCUT2D eigenvalue weighted by Crippen LogP contribution is 2.33. The number of aromatic amines is 1. The van der Waals surface area contributed by atoms with E-state index in [0.717, 1.165) is 12.4 Å². The number of carbonyl (C=O) groups is 2. The second kappa shape index (κ2) is 9.08. The first-order valence-electron chi connectivity index (χ1n) is 9.04. The molecule has 1 amide bonds. The largest absolute Gasteiger partial charge is 0.309 e. The van der Waals surface area contributed by atoms with Gasteiger partial charge in [0.25, 0.3) is 6.43 Å². The van der Waals surface area contributed by atoms with Crippen LogP contribution in [0.4, 0.5) is 14.6 Å². The van der Waals surface area contributed by atoms with Crippen molar-refractivity contribution >= 4 is 47.6 Å². The van der Waals surface area contributed by atoms with Gasteiger partial charge in [-0.1, -0.05) is 17.7 Å². The second-order valence-corrected chi connectivity index (χ2v) is 7.15. The van der Waals surface area contributed by atoms with Crippen LogP contribution in [0.25, 0.3) is 5.57 Å². The lowest BCUT2D eigenvalue weighted by atomic mass is 9.94. The highest BCUT2D eigenvalue weighted by Gasteiger charge is 2.36. The van der Waals surface area contributed by atoms with Gasteiger partial charge in [-0.25, -0.2) is 8.78 Å². The van der Waals surface area contributed by atoms with Crippen molar-refractivity contribution in [3.63, 3.8) is 0 Å². The van der Waals surface area contributed by atoms with Gasteiger partial charge in [0.2, 0.25) is 5.91 Å². The van der Waals surface area contributed by atoms with Crippen molar-refractivity contribution in [3.8, 4) is 0 Å². The molecule has 7 nitrogen and oxygen atoms in total. The molecule has 0 bridgehead atoms. The van der Waals surface area contributed by atoms with Gasteiger partial charge in [0.05, 0.1) is 11.3 Å². The summed E-state index contributed by atoms with van der Waals surface area (Å²) in [7, 11) is 0. The lowest BCUT2D eigenvalue weighted by molar-refractivity contribution is -0.120. The molecule has 1 saturated heterocycles. The van der Waals surface area contributed by atoms with Crippen LogP contribution >= 0.6 is 11.6 Å². The number of halogens is 3. The molecule has 10 heteroatoms. The number of alkyl halides is 2. The summed E-state index contributed by atoms with van der Waals surface area (Å²) in [6.45, 7) is 0.278. The molecule has 30 heavy (non-hydrogen) atoms. The first kappa shape index (κ1) is 21.5. The number of allylic oxidation sites excluding steroid dienone is 2. The Labute approximate surface area is 175 Å². The number of aromatic nitrogens is 2. The number of anilines is 1. The van der Waals surface area contributed by atoms with Gasteiger partial charge < -0.3 is 10.8 Å². The van der Waals surface area contributed by atoms with Crippen LogP contribution in [-0.4, -0.2) is 41.4 Å². The Morgan fingerprint density at radius 1 is 1.40 bits per heavy atom. The average Bonchev–Trinajstić information content (AvgIpc) is 3.30. The van der Waals surface area contributed by atoms with Crippen LogP contribution in [0.3, 0.4) is 0 Å². The van der Waals surface area contributed by atoms with Crippen molar-refractivity contribution in [3.05, 3.63) is 51.7 Å². The van der Waals surface area contributed by atoms with E-state index >= 15 is 0 Å². The summed E-state index contributed by atoms with van der Waals surface area (Å²) >= 11 is 5.82. The molecule has 1 atom stereocenters. The zero-order chi connectivity index (χ0) is 21.8. The van der Waals surface area contributed by atoms with Gasteiger partial charge in [0.15, 0.2) is 12.1 Å². The Balaban J connectivity index is 1.87. The Bertz CT molecular complexity index is 1030. The third-order valence-electron chi connectivity index (χ3n) is 4.99. The molecule has 1 aromatic carbocycles. The molecule has 1 aliphatic heterocycles. The van der Waals surface area contributed by atoms with Crippen LogP contribution in [0.5, 0.6) is 0 Å². The predicted octanol–water partition coefficient (Wildman–Crippen LogP) is 4.09. The fraction of sp³-hybridized carbons (Fsp3) is 0.250. The van der Waals surface area contributed by atoms with E-state index < -0.39 is 12.3 Å². The molecule has 0 aliphatic carbocycles. The van der Waals surface area contributed by atoms with Crippen LogP contribution in [-0.2, 0) is 11.2 Å². The van der Waals surface area contributed by atoms with Gasteiger partial charge in [-0.05, 0) is 36.6 Å². The first-order chi connectivity index (χ1) is 14.4. The monoisotopic (exact) mass is 433 g/mol. The number of amides is 1. The quantitative estimate of drug-likeness (QED) is 0.430. The number of aldehydes is 1. The summed E-state index contributed by atoms with van der Waals surface area (Å²) < 4.78 is 26.7. The van der Waals surface area contributed by atoms with E-state index in [4.69, 9.17) is 22.4 Å². The van der Waals surface area contributed by atoms with E-state index in [1.54, 1.807) is 0 Å². The minimum absolute atomic E-state index is 0.0976. The summed E-state index contributed by atoms with van der Waals surface area (Å²) in [5.74, 6) is -0.739. The minimum Gasteiger partial charge on any atom is -0.309 e. The Hall–Kier alpha value is -3.20. The topological polar surface area (TPSA) is 114 Å². The number of nitrogens with one attached hydrogen (secondary N) is 3. The zero-order valence-electron chi connectivity index (χ0n) is 15.7. The van der Waals surface area contributed by atoms with Gasteiger partial charge in [-0.3, -0.25) is 19.6 Å². The molecule has 0 radical (unpaired) electrons. The fourth-order valence-corrected chi connectivity index (χ4v) is 3.71. The predicted molar refractivity (Wildman–Crippen MR) is 110 cm³/mol. The molecule has 1 aromatic heterocycles. The normalized spacial score (nSPS) is 16.9. The lowest BCUT2D eigenvalue weighted by Gasteiger charge is -2.16. The van der Waals surface area contributed by atoms with Crippen LogP contribution in [0.2, 0.25) is 5.02 Å². The summed E-state index contributed by atoms with van der Waals surface area (Å²) in [6.07, 6.45) is 1.62. The van der Waals surface area contributed by atoms with Crippen LogP contribution < -0.4 is 4.90 Å². The van der Waals surface area contributed by atoms with Gasteiger partial charge in [0.1, 0.15) is 0 Å². The third-order valence-corrected chi connectivity index (χ3v) is 5.23. The SMILES string of the molecule is N=C/C=C(\C=N)c1[nH]nc(N2CCC(Cc3ccc(Cl)cc3C(F)F)C2=O)c1C=O. The molecule has 3 rings (SSSR count). The molecule has 0 spiro atoms. The number of nitrogens with zero attached hydrogens (tertiary/aromatic N) is 2. The van der Waals surface area contributed by atoms with E-state index in [-0.39, 0.29) is 52.1 Å². The van der Waals surface area contributed by atoms with E-state index in [1.165, 1.54) is 29.2 Å². The average molecular weight is 434 g/mol. The van der Waals surface area contributed by atoms with Gasteiger partial charge in [-0.15, -0.1) is 0 Å². The standard InChI is InChI=1S/C20H18ClF2N5O2/c21-14-2-1-11(15(8-14)18(22)23)7-12-4-6-28(20(12)30)19-16(10-29)17(26-27-19)13(9-25)3-5-24/h1-3,5,8-10,12,18,24-25H,4,6-7H2,(H,26,27)/b13-3+,24-5?,25-9?. The van der Waals surface area contributed by atoms with E-state index in [2.05, 4.69) is 10.2 Å². The van der Waals surface area contributed by atoms with Crippen LogP contribution in [0, 0.1) is 16.7 Å². The number of hydrogen-bond donors (Lipinski definition) is 3. The van der Waals surface area contributed by atoms with Gasteiger partial charge >= 0.3 is 0 Å². The summed E-state index contributed by atoms with van der Waals surface area (Å²) in [4.78, 5) is 26.0. The summed E-state index contributed by atoms with van der Waals surface area (Å²) in [6, 6.07) is 4.22. The number of carbonyl (C=O) groups excluding carboxylic acids is 2. The number of H-pyrrole nitrogens is 1. The van der Waals surface area contributed by atoms with Crippen LogP contribution in [0.1, 0.15) is 40.0 Å². The van der Waals surface area contributed by atoms with Crippen molar-refractivity contribution in [1.82, 2.24) is 10.2 Å². The molecular formula is C20H18ClF2N5O2. The van der Waals surface area contributed by atoms with Crippen LogP contribution in [0.15, 0.2) is 24.3 Å². The highest BCUT2D eigenvalue weighted by atomic mass is 35.5. The maximum atomic E-state index is 13.3. The van der Waals surface area contributed by atoms with Crippen molar-refractivity contribution in [1.29, 1.82) is 10.8 Å². The molecular weight excluding hydrogens is 416 g/mol. The van der Waals surface area contributed by atoms with E-state index in [9.17, 15) is 18.4 Å². The molecule has 1 fully saturated rings. The maximum Gasteiger partial charge on any atom is 0.264 e. The van der Waals surface area contributed by atoms with Crippen molar-refractivity contribution < 1.29 is 18.4 Å². The van der Waals surface area contributed by atoms with Gasteiger partial charge in [0, 0.05) is 41.1 Å². The second-order valence-electron chi connectivity index (χ2n) is 6.71. The minimum atomic E-state index is -2.71. The summed E-state index contributed by atoms with van der Waals surface area (Å²) in [5, 5.41) is 21.5. The highest BCUT2D eigenvalue weighted by molar-refractivity contribution is 6.30. The number of benzene rings is 1. The zero-order valence-corrected chi connectivity index (χ0v) is 16.4. The molecule has 1 unspecified atom stereocenters. The lowest BCUT2D eigenvalue weighted by Crippen LogP contribution is -2.29. The van der Waals surface area contributed by atoms with Crippen molar-refractivity contribution in [2.24, 2.45) is 5.92 Å². The van der Waals surface area contributed by atoms with Crippen molar-refractivity contribution in [2.75, 3.05) is 11.4 Å². The molecule has 0 saturated carbocycles. The van der Waals surface area contributed by atoms with Crippen molar-refractivity contribution in [2.45, 2.75) is 19.3 Å². The molecule has 3 N–H and O–H groups in total. The Morgan fingerprint density at radius 2 is 2.17 bits per heavy atom. The fourth-order valence-electron chi connectivity index (χ4n) is 3.53. The maximum absolute atomic E-state index is 13.3. The smallest absolute Gasteiger partial charge is 0.264 e. The Kier molecular flexibility index (Phi) is 6.51. The van der Waals surface area contributed by atoms with Gasteiger partial charge in [-0.2, -0.15) is 5.10 Å². The first-order valence-corrected chi connectivity index (χ1v) is 9.42. The number of rotatable bonds is 8. The number of hydrogen-bond acceptors (Lipinski definition) is 5. The van der Waals surface area contributed by atoms with E-state index in [0.29, 0.717) is 18.3 Å². The third kappa shape index (κ3) is 4.06. The molecule has 156 valence electrons. The molecule has 2 heterocycles.